The molecule has 3 heterocycles. The van der Waals surface area contributed by atoms with Gasteiger partial charge in [0.25, 0.3) is 5.91 Å². The average molecular weight is 443 g/mol. The highest BCUT2D eigenvalue weighted by Gasteiger charge is 2.31. The predicted molar refractivity (Wildman–Crippen MR) is 124 cm³/mol. The quantitative estimate of drug-likeness (QED) is 0.630. The first-order valence-corrected chi connectivity index (χ1v) is 12.2. The van der Waals surface area contributed by atoms with Crippen LogP contribution in [0.3, 0.4) is 0 Å². The maximum absolute atomic E-state index is 13.1. The van der Waals surface area contributed by atoms with Crippen molar-refractivity contribution in [3.63, 3.8) is 0 Å². The van der Waals surface area contributed by atoms with Crippen LogP contribution in [0.1, 0.15) is 30.6 Å². The van der Waals surface area contributed by atoms with Crippen molar-refractivity contribution in [2.75, 3.05) is 24.6 Å². The van der Waals surface area contributed by atoms with Gasteiger partial charge in [0.05, 0.1) is 10.2 Å². The van der Waals surface area contributed by atoms with E-state index < -0.39 is 6.04 Å². The Morgan fingerprint density at radius 3 is 2.63 bits per heavy atom. The van der Waals surface area contributed by atoms with Crippen molar-refractivity contribution in [3.05, 3.63) is 48.3 Å². The minimum atomic E-state index is -0.502. The molecule has 6 nitrogen and oxygen atoms in total. The number of aromatic nitrogens is 2. The van der Waals surface area contributed by atoms with Crippen LogP contribution in [0.2, 0.25) is 0 Å². The third-order valence-corrected chi connectivity index (χ3v) is 7.53. The van der Waals surface area contributed by atoms with E-state index in [2.05, 4.69) is 17.2 Å². The summed E-state index contributed by atoms with van der Waals surface area (Å²) in [6.07, 6.45) is 4.73. The van der Waals surface area contributed by atoms with Crippen LogP contribution >= 0.6 is 23.1 Å². The Morgan fingerprint density at radius 1 is 1.20 bits per heavy atom. The molecule has 30 heavy (non-hydrogen) atoms. The molecule has 0 unspecified atom stereocenters. The molecule has 0 bridgehead atoms. The number of carbonyl (C=O) groups is 2. The second-order valence-electron chi connectivity index (χ2n) is 7.54. The van der Waals surface area contributed by atoms with Crippen molar-refractivity contribution in [2.45, 2.75) is 26.3 Å². The number of nitrogens with zero attached hydrogens (tertiary/aromatic N) is 3. The molecule has 1 aliphatic heterocycles. The van der Waals surface area contributed by atoms with Gasteiger partial charge >= 0.3 is 0 Å². The number of hydrogen-bond donors (Lipinski definition) is 1. The van der Waals surface area contributed by atoms with E-state index in [1.54, 1.807) is 6.07 Å². The van der Waals surface area contributed by atoms with Crippen LogP contribution in [0, 0.1) is 5.92 Å². The highest BCUT2D eigenvalue weighted by atomic mass is 32.2. The summed E-state index contributed by atoms with van der Waals surface area (Å²) in [5, 5.41) is 3.89. The van der Waals surface area contributed by atoms with Crippen LogP contribution in [-0.2, 0) is 4.79 Å². The number of rotatable bonds is 6. The van der Waals surface area contributed by atoms with Gasteiger partial charge in [0.2, 0.25) is 5.91 Å². The van der Waals surface area contributed by atoms with Crippen LogP contribution in [0.5, 0.6) is 0 Å². The molecule has 1 aliphatic rings. The second-order valence-corrected chi connectivity index (χ2v) is 9.78. The van der Waals surface area contributed by atoms with Gasteiger partial charge in [-0.15, -0.1) is 0 Å². The van der Waals surface area contributed by atoms with Crippen LogP contribution in [0.4, 0.5) is 0 Å². The fourth-order valence-corrected chi connectivity index (χ4v) is 5.39. The first-order valence-electron chi connectivity index (χ1n) is 10.3. The third kappa shape index (κ3) is 4.39. The minimum absolute atomic E-state index is 0.0340. The lowest BCUT2D eigenvalue weighted by molar-refractivity contribution is -0.134. The zero-order chi connectivity index (χ0) is 21.1. The summed E-state index contributed by atoms with van der Waals surface area (Å²) in [6.45, 7) is 5.58. The molecule has 0 saturated carbocycles. The molecule has 1 fully saturated rings. The zero-order valence-corrected chi connectivity index (χ0v) is 18.8. The van der Waals surface area contributed by atoms with Gasteiger partial charge in [-0.25, -0.2) is 4.98 Å². The average Bonchev–Trinajstić information content (AvgIpc) is 3.46. The maximum Gasteiger partial charge on any atom is 0.251 e. The molecule has 8 heteroatoms. The summed E-state index contributed by atoms with van der Waals surface area (Å²) in [5.74, 6) is 1.81. The molecule has 2 amide bonds. The van der Waals surface area contributed by atoms with Crippen molar-refractivity contribution in [1.29, 1.82) is 0 Å². The van der Waals surface area contributed by atoms with Gasteiger partial charge in [0, 0.05) is 42.6 Å². The van der Waals surface area contributed by atoms with E-state index in [1.807, 2.05) is 64.8 Å². The summed E-state index contributed by atoms with van der Waals surface area (Å²) in [7, 11) is 0. The molecule has 1 saturated heterocycles. The Morgan fingerprint density at radius 2 is 1.93 bits per heavy atom. The number of benzene rings is 1. The molecular formula is C22H26N4O2S2. The lowest BCUT2D eigenvalue weighted by Gasteiger charge is -2.32. The Balaban J connectivity index is 1.54. The Bertz CT molecular complexity index is 1030. The number of fused-ring (bicyclic) bond motifs is 1. The highest BCUT2D eigenvalue weighted by molar-refractivity contribution is 7.99. The number of nitrogens with one attached hydrogen (secondary N) is 1. The summed E-state index contributed by atoms with van der Waals surface area (Å²) >= 11 is 3.41. The molecule has 2 aromatic heterocycles. The van der Waals surface area contributed by atoms with Gasteiger partial charge in [-0.3, -0.25) is 9.59 Å². The summed E-state index contributed by atoms with van der Waals surface area (Å²) in [6, 6.07) is 8.93. The van der Waals surface area contributed by atoms with Crippen LogP contribution in [0.15, 0.2) is 42.7 Å². The smallest absolute Gasteiger partial charge is 0.251 e. The molecule has 3 aromatic rings. The van der Waals surface area contributed by atoms with E-state index in [4.69, 9.17) is 0 Å². The molecule has 4 rings (SSSR count). The molecule has 2 atom stereocenters. The lowest BCUT2D eigenvalue weighted by Crippen LogP contribution is -2.53. The van der Waals surface area contributed by atoms with E-state index >= 15 is 0 Å². The zero-order valence-electron chi connectivity index (χ0n) is 17.2. The van der Waals surface area contributed by atoms with E-state index in [0.717, 1.165) is 46.4 Å². The molecule has 0 spiro atoms. The van der Waals surface area contributed by atoms with Gasteiger partial charge in [-0.2, -0.15) is 11.8 Å². The molecule has 0 aliphatic carbocycles. The largest absolute Gasteiger partial charge is 0.340 e. The van der Waals surface area contributed by atoms with Crippen LogP contribution in [-0.4, -0.2) is 56.9 Å². The fourth-order valence-electron chi connectivity index (χ4n) is 3.51. The number of amides is 2. The van der Waals surface area contributed by atoms with Crippen LogP contribution in [0.25, 0.3) is 15.3 Å². The van der Waals surface area contributed by atoms with Gasteiger partial charge in [0.15, 0.2) is 5.13 Å². The van der Waals surface area contributed by atoms with E-state index in [-0.39, 0.29) is 17.7 Å². The Hall–Kier alpha value is -2.32. The van der Waals surface area contributed by atoms with Crippen molar-refractivity contribution in [2.24, 2.45) is 5.92 Å². The topological polar surface area (TPSA) is 67.2 Å². The predicted octanol–water partition coefficient (Wildman–Crippen LogP) is 3.81. The molecule has 0 radical (unpaired) electrons. The number of thioether (sulfide) groups is 1. The highest BCUT2D eigenvalue weighted by Crippen LogP contribution is 2.26. The molecule has 158 valence electrons. The van der Waals surface area contributed by atoms with E-state index in [0.29, 0.717) is 5.56 Å². The summed E-state index contributed by atoms with van der Waals surface area (Å²) in [4.78, 5) is 32.7. The van der Waals surface area contributed by atoms with Crippen molar-refractivity contribution >= 4 is 45.1 Å². The number of thiazole rings is 1. The SMILES string of the molecule is CC[C@H](C)[C@@H](NC(=O)c1ccc2nc(-n3cccc3)sc2c1)C(=O)N1CCSCC1. The number of hydrogen-bond acceptors (Lipinski definition) is 5. The molecule has 1 aromatic carbocycles. The standard InChI is InChI=1S/C22H26N4O2S2/c1-3-15(2)19(21(28)25-10-12-29-13-11-25)24-20(27)16-6-7-17-18(14-16)30-22(23-17)26-8-4-5-9-26/h4-9,14-15,19H,3,10-13H2,1-2H3,(H,24,27)/t15-,19+/m0/s1. The van der Waals surface area contributed by atoms with Gasteiger partial charge in [0.1, 0.15) is 6.04 Å². The minimum Gasteiger partial charge on any atom is -0.340 e. The van der Waals surface area contributed by atoms with Gasteiger partial charge < -0.3 is 14.8 Å². The maximum atomic E-state index is 13.1. The normalized spacial score (nSPS) is 16.4. The van der Waals surface area contributed by atoms with E-state index in [9.17, 15) is 9.59 Å². The molecule has 1 N–H and O–H groups in total. The monoisotopic (exact) mass is 442 g/mol. The van der Waals surface area contributed by atoms with Crippen molar-refractivity contribution in [3.8, 4) is 5.13 Å². The Labute approximate surface area is 184 Å². The third-order valence-electron chi connectivity index (χ3n) is 5.55. The molecular weight excluding hydrogens is 416 g/mol. The van der Waals surface area contributed by atoms with E-state index in [1.165, 1.54) is 11.3 Å². The summed E-state index contributed by atoms with van der Waals surface area (Å²) < 4.78 is 2.91. The van der Waals surface area contributed by atoms with Crippen LogP contribution < -0.4 is 5.32 Å². The first-order chi connectivity index (χ1) is 14.6. The number of carbonyl (C=O) groups excluding carboxylic acids is 2. The first kappa shape index (κ1) is 20.9. The van der Waals surface area contributed by atoms with Crippen molar-refractivity contribution in [1.82, 2.24) is 19.8 Å². The Kier molecular flexibility index (Phi) is 6.43. The van der Waals surface area contributed by atoms with Gasteiger partial charge in [-0.1, -0.05) is 31.6 Å². The lowest BCUT2D eigenvalue weighted by atomic mass is 9.97. The fraction of sp³-hybridized carbons (Fsp3) is 0.409. The summed E-state index contributed by atoms with van der Waals surface area (Å²) in [5.41, 5.74) is 1.42. The van der Waals surface area contributed by atoms with Gasteiger partial charge in [-0.05, 0) is 36.2 Å². The second kappa shape index (κ2) is 9.22. The van der Waals surface area contributed by atoms with Crippen molar-refractivity contribution < 1.29 is 9.59 Å².